The Balaban J connectivity index is 1.51. The Bertz CT molecular complexity index is 1620. The summed E-state index contributed by atoms with van der Waals surface area (Å²) in [6.45, 7) is 7.37. The average molecular weight is 663 g/mol. The Kier molecular flexibility index (Phi) is 13.4. The number of carbonyl (C=O) groups excluding carboxylic acids is 3. The van der Waals surface area contributed by atoms with E-state index in [1.165, 1.54) is 18.9 Å². The summed E-state index contributed by atoms with van der Waals surface area (Å²) in [5.41, 5.74) is 3.21. The van der Waals surface area contributed by atoms with Crippen molar-refractivity contribution in [3.63, 3.8) is 0 Å². The van der Waals surface area contributed by atoms with E-state index in [2.05, 4.69) is 64.7 Å². The molecule has 0 fully saturated rings. The van der Waals surface area contributed by atoms with Crippen molar-refractivity contribution in [2.45, 2.75) is 57.1 Å². The van der Waals surface area contributed by atoms with Gasteiger partial charge in [-0.3, -0.25) is 14.5 Å². The number of H-pyrrole nitrogens is 1. The minimum Gasteiger partial charge on any atom is -0.467 e. The van der Waals surface area contributed by atoms with Gasteiger partial charge in [0.1, 0.15) is 6.04 Å². The molecule has 0 spiro atoms. The van der Waals surface area contributed by atoms with Crippen LogP contribution in [0.5, 0.6) is 0 Å². The molecule has 246 valence electrons. The van der Waals surface area contributed by atoms with Crippen LogP contribution in [0.15, 0.2) is 71.6 Å². The number of aromatic amines is 1. The number of nitrogens with zero attached hydrogens (tertiary/aromatic N) is 1. The molecule has 0 aliphatic heterocycles. The summed E-state index contributed by atoms with van der Waals surface area (Å²) >= 11 is 3.15. The van der Waals surface area contributed by atoms with Gasteiger partial charge in [-0.2, -0.15) is 11.8 Å². The Labute approximate surface area is 280 Å². The average Bonchev–Trinajstić information content (AvgIpc) is 3.35. The van der Waals surface area contributed by atoms with Crippen molar-refractivity contribution in [1.29, 1.82) is 0 Å². The number of rotatable bonds is 17. The van der Waals surface area contributed by atoms with E-state index in [9.17, 15) is 14.4 Å². The van der Waals surface area contributed by atoms with Gasteiger partial charge in [0.2, 0.25) is 11.8 Å². The lowest BCUT2D eigenvalue weighted by atomic mass is 10.0. The van der Waals surface area contributed by atoms with E-state index in [1.807, 2.05) is 49.6 Å². The summed E-state index contributed by atoms with van der Waals surface area (Å²) in [6.07, 6.45) is 3.21. The third-order valence-corrected chi connectivity index (χ3v) is 9.72. The molecular formula is C36H46N4O4S2. The molecule has 0 saturated heterocycles. The van der Waals surface area contributed by atoms with Crippen molar-refractivity contribution < 1.29 is 19.1 Å². The highest BCUT2D eigenvalue weighted by Crippen LogP contribution is 2.31. The van der Waals surface area contributed by atoms with E-state index < -0.39 is 12.0 Å². The molecule has 0 radical (unpaired) electrons. The van der Waals surface area contributed by atoms with Gasteiger partial charge in [0.15, 0.2) is 0 Å². The number of ether oxygens (including phenoxy) is 1. The lowest BCUT2D eigenvalue weighted by Gasteiger charge is -2.30. The Hall–Kier alpha value is -3.47. The standard InChI is InChI=1S/C36H46N4O4S2/c1-24(2)19-28(38-34(42)23-46-35-25(3)37-31-16-9-8-15-30(31)35)21-40(20-27-13-10-12-26-11-6-7-14-29(26)27)22-33(41)39-32(17-18-45-5)36(43)44-4/h6-16,24,28,32,37H,17-23H2,1-5H3,(H,38,42)(H,39,41). The monoisotopic (exact) mass is 662 g/mol. The number of fused-ring (bicyclic) bond motifs is 2. The SMILES string of the molecule is COC(=O)C(CCSC)NC(=O)CN(Cc1cccc2ccccc12)CC(CC(C)C)NC(=O)CSc1c(C)[nH]c2ccccc12. The quantitative estimate of drug-likeness (QED) is 0.0919. The Morgan fingerprint density at radius 2 is 1.65 bits per heavy atom. The van der Waals surface area contributed by atoms with Gasteiger partial charge in [-0.1, -0.05) is 74.5 Å². The van der Waals surface area contributed by atoms with Crippen LogP contribution < -0.4 is 10.6 Å². The lowest BCUT2D eigenvalue weighted by Crippen LogP contribution is -2.50. The van der Waals surface area contributed by atoms with Gasteiger partial charge in [0, 0.05) is 40.6 Å². The van der Waals surface area contributed by atoms with E-state index in [0.717, 1.165) is 50.0 Å². The number of thioether (sulfide) groups is 2. The number of benzene rings is 3. The molecule has 2 unspecified atom stereocenters. The number of hydrogen-bond donors (Lipinski definition) is 3. The zero-order chi connectivity index (χ0) is 33.1. The molecule has 0 bridgehead atoms. The van der Waals surface area contributed by atoms with Crippen LogP contribution in [0.1, 0.15) is 37.9 Å². The van der Waals surface area contributed by atoms with Crippen LogP contribution in [0, 0.1) is 12.8 Å². The summed E-state index contributed by atoms with van der Waals surface area (Å²) in [6, 6.07) is 21.6. The number of nitrogens with one attached hydrogen (secondary N) is 3. The van der Waals surface area contributed by atoms with Gasteiger partial charge < -0.3 is 20.4 Å². The predicted octanol–water partition coefficient (Wildman–Crippen LogP) is 6.17. The van der Waals surface area contributed by atoms with E-state index in [-0.39, 0.29) is 30.2 Å². The van der Waals surface area contributed by atoms with E-state index in [1.54, 1.807) is 11.8 Å². The van der Waals surface area contributed by atoms with Gasteiger partial charge in [-0.15, -0.1) is 11.8 Å². The smallest absolute Gasteiger partial charge is 0.328 e. The highest BCUT2D eigenvalue weighted by molar-refractivity contribution is 8.00. The second-order valence-electron chi connectivity index (χ2n) is 12.0. The number of carbonyl (C=O) groups is 3. The van der Waals surface area contributed by atoms with Gasteiger partial charge in [0.05, 0.1) is 19.4 Å². The topological polar surface area (TPSA) is 104 Å². The van der Waals surface area contributed by atoms with Gasteiger partial charge in [0.25, 0.3) is 0 Å². The first-order chi connectivity index (χ1) is 22.2. The van der Waals surface area contributed by atoms with Crippen LogP contribution in [0.4, 0.5) is 0 Å². The maximum absolute atomic E-state index is 13.4. The second-order valence-corrected chi connectivity index (χ2v) is 14.0. The molecule has 0 saturated carbocycles. The Morgan fingerprint density at radius 1 is 0.935 bits per heavy atom. The van der Waals surface area contributed by atoms with Crippen LogP contribution in [-0.2, 0) is 25.7 Å². The van der Waals surface area contributed by atoms with Gasteiger partial charge >= 0.3 is 5.97 Å². The van der Waals surface area contributed by atoms with Gasteiger partial charge in [-0.05, 0) is 60.1 Å². The number of methoxy groups -OCH3 is 1. The van der Waals surface area contributed by atoms with Crippen molar-refractivity contribution in [2.75, 3.05) is 38.0 Å². The fourth-order valence-corrected chi connectivity index (χ4v) is 7.26. The molecule has 0 aliphatic carbocycles. The zero-order valence-corrected chi connectivity index (χ0v) is 29.1. The molecule has 1 heterocycles. The van der Waals surface area contributed by atoms with Crippen LogP contribution in [0.3, 0.4) is 0 Å². The highest BCUT2D eigenvalue weighted by atomic mass is 32.2. The van der Waals surface area contributed by atoms with Crippen molar-refractivity contribution in [1.82, 2.24) is 20.5 Å². The molecule has 4 aromatic rings. The Morgan fingerprint density at radius 3 is 2.39 bits per heavy atom. The summed E-state index contributed by atoms with van der Waals surface area (Å²) in [5.74, 6) is 0.595. The first-order valence-corrected chi connectivity index (χ1v) is 18.1. The minimum atomic E-state index is -0.708. The minimum absolute atomic E-state index is 0.0438. The van der Waals surface area contributed by atoms with Crippen LogP contribution in [0.25, 0.3) is 21.7 Å². The van der Waals surface area contributed by atoms with E-state index in [0.29, 0.717) is 25.4 Å². The molecule has 1 aromatic heterocycles. The highest BCUT2D eigenvalue weighted by Gasteiger charge is 2.25. The first-order valence-electron chi connectivity index (χ1n) is 15.7. The molecule has 0 aliphatic rings. The summed E-state index contributed by atoms with van der Waals surface area (Å²) in [7, 11) is 1.34. The number of esters is 1. The zero-order valence-electron chi connectivity index (χ0n) is 27.4. The van der Waals surface area contributed by atoms with Gasteiger partial charge in [-0.25, -0.2) is 4.79 Å². The normalized spacial score (nSPS) is 12.8. The molecule has 4 rings (SSSR count). The molecule has 46 heavy (non-hydrogen) atoms. The molecule has 3 N–H and O–H groups in total. The first kappa shape index (κ1) is 35.4. The molecule has 10 heteroatoms. The molecule has 3 aromatic carbocycles. The second kappa shape index (κ2) is 17.4. The largest absolute Gasteiger partial charge is 0.467 e. The van der Waals surface area contributed by atoms with Crippen molar-refractivity contribution in [2.24, 2.45) is 5.92 Å². The fraction of sp³-hybridized carbons (Fsp3) is 0.417. The maximum atomic E-state index is 13.4. The number of amides is 2. The summed E-state index contributed by atoms with van der Waals surface area (Å²) < 4.78 is 4.96. The number of aryl methyl sites for hydroxylation is 1. The third kappa shape index (κ3) is 10.0. The lowest BCUT2D eigenvalue weighted by molar-refractivity contribution is -0.145. The van der Waals surface area contributed by atoms with E-state index >= 15 is 0 Å². The number of aromatic nitrogens is 1. The van der Waals surface area contributed by atoms with Crippen molar-refractivity contribution >= 4 is 63.0 Å². The number of hydrogen-bond acceptors (Lipinski definition) is 7. The molecule has 2 amide bonds. The third-order valence-electron chi connectivity index (χ3n) is 7.85. The van der Waals surface area contributed by atoms with Crippen LogP contribution >= 0.6 is 23.5 Å². The summed E-state index contributed by atoms with van der Waals surface area (Å²) in [4.78, 5) is 45.8. The molecular weight excluding hydrogens is 617 g/mol. The van der Waals surface area contributed by atoms with Crippen LogP contribution in [0.2, 0.25) is 0 Å². The fourth-order valence-electron chi connectivity index (χ4n) is 5.83. The van der Waals surface area contributed by atoms with Crippen LogP contribution in [-0.4, -0.2) is 77.7 Å². The van der Waals surface area contributed by atoms with Crippen molar-refractivity contribution in [3.05, 3.63) is 78.0 Å². The number of para-hydroxylation sites is 1. The predicted molar refractivity (Wildman–Crippen MR) is 191 cm³/mol. The van der Waals surface area contributed by atoms with E-state index in [4.69, 9.17) is 4.74 Å². The maximum Gasteiger partial charge on any atom is 0.328 e. The van der Waals surface area contributed by atoms with Crippen molar-refractivity contribution in [3.8, 4) is 0 Å². The molecule has 8 nitrogen and oxygen atoms in total. The summed E-state index contributed by atoms with van der Waals surface area (Å²) in [5, 5.41) is 9.55. The molecule has 2 atom stereocenters.